The first-order valence-electron chi connectivity index (χ1n) is 4.03. The van der Waals surface area contributed by atoms with Gasteiger partial charge in [-0.1, -0.05) is 0 Å². The van der Waals surface area contributed by atoms with Crippen molar-refractivity contribution >= 4 is 11.8 Å². The molecule has 0 unspecified atom stereocenters. The van der Waals surface area contributed by atoms with Crippen LogP contribution in [-0.4, -0.2) is 32.6 Å². The fourth-order valence-electron chi connectivity index (χ4n) is 1.05. The maximum atomic E-state index is 11.2. The van der Waals surface area contributed by atoms with Gasteiger partial charge in [0, 0.05) is 13.5 Å². The van der Waals surface area contributed by atoms with Gasteiger partial charge in [0.05, 0.1) is 12.5 Å². The minimum absolute atomic E-state index is 0.0421. The molecule has 0 amide bonds. The molecule has 0 fully saturated rings. The lowest BCUT2D eigenvalue weighted by atomic mass is 9.87. The fourth-order valence-corrected chi connectivity index (χ4v) is 1.05. The van der Waals surface area contributed by atoms with Gasteiger partial charge in [0.15, 0.2) is 5.78 Å². The predicted octanol–water partition coefficient (Wildman–Crippen LogP) is 0.791. The number of carbonyl (C=O) groups is 2. The van der Waals surface area contributed by atoms with E-state index in [1.165, 1.54) is 14.2 Å². The Morgan fingerprint density at radius 2 is 1.77 bits per heavy atom. The van der Waals surface area contributed by atoms with Crippen LogP contribution in [-0.2, 0) is 19.1 Å². The summed E-state index contributed by atoms with van der Waals surface area (Å²) in [4.78, 5) is 22.3. The zero-order valence-electron chi connectivity index (χ0n) is 8.55. The second-order valence-corrected chi connectivity index (χ2v) is 3.52. The summed E-state index contributed by atoms with van der Waals surface area (Å²) >= 11 is 0. The van der Waals surface area contributed by atoms with Gasteiger partial charge in [0.25, 0.3) is 0 Å². The van der Waals surface area contributed by atoms with Crippen molar-refractivity contribution in [3.8, 4) is 0 Å². The Morgan fingerprint density at radius 3 is 2.15 bits per heavy atom. The molecule has 0 rings (SSSR count). The fraction of sp³-hybridized carbons (Fsp3) is 0.778. The average molecular weight is 188 g/mol. The molecule has 0 spiro atoms. The summed E-state index contributed by atoms with van der Waals surface area (Å²) in [7, 11) is 2.76. The summed E-state index contributed by atoms with van der Waals surface area (Å²) < 4.78 is 9.22. The van der Waals surface area contributed by atoms with Crippen LogP contribution in [0.15, 0.2) is 0 Å². The Balaban J connectivity index is 4.16. The minimum Gasteiger partial charge on any atom is -0.469 e. The monoisotopic (exact) mass is 188 g/mol. The number of rotatable bonds is 5. The Labute approximate surface area is 78.2 Å². The van der Waals surface area contributed by atoms with E-state index in [0.29, 0.717) is 0 Å². The standard InChI is InChI=1S/C9H16O4/c1-9(2,8(11)13-4)5-7(10)6-12-3/h5-6H2,1-4H3. The molecule has 0 aromatic rings. The van der Waals surface area contributed by atoms with Crippen LogP contribution in [0.4, 0.5) is 0 Å². The second-order valence-electron chi connectivity index (χ2n) is 3.52. The van der Waals surface area contributed by atoms with Crippen molar-refractivity contribution in [2.75, 3.05) is 20.8 Å². The number of carbonyl (C=O) groups excluding carboxylic acids is 2. The van der Waals surface area contributed by atoms with Gasteiger partial charge in [0.1, 0.15) is 6.61 Å². The molecule has 76 valence electrons. The third kappa shape index (κ3) is 4.03. The first-order chi connectivity index (χ1) is 5.94. The number of ketones is 1. The quantitative estimate of drug-likeness (QED) is 0.598. The molecule has 0 heterocycles. The van der Waals surface area contributed by atoms with Crippen LogP contribution in [0.3, 0.4) is 0 Å². The minimum atomic E-state index is -0.760. The van der Waals surface area contributed by atoms with Crippen molar-refractivity contribution in [1.29, 1.82) is 0 Å². The van der Waals surface area contributed by atoms with E-state index in [0.717, 1.165) is 0 Å². The molecule has 0 bridgehead atoms. The molecule has 0 N–H and O–H groups in total. The normalized spacial score (nSPS) is 11.1. The van der Waals surface area contributed by atoms with Crippen LogP contribution in [0, 0.1) is 5.41 Å². The van der Waals surface area contributed by atoms with Crippen molar-refractivity contribution in [2.24, 2.45) is 5.41 Å². The summed E-state index contributed by atoms with van der Waals surface area (Å²) in [5.41, 5.74) is -0.760. The van der Waals surface area contributed by atoms with E-state index in [2.05, 4.69) is 9.47 Å². The molecule has 0 aliphatic rings. The third-order valence-corrected chi connectivity index (χ3v) is 1.68. The largest absolute Gasteiger partial charge is 0.469 e. The molecule has 0 aliphatic carbocycles. The number of hydrogen-bond acceptors (Lipinski definition) is 4. The van der Waals surface area contributed by atoms with Gasteiger partial charge in [-0.15, -0.1) is 0 Å². The van der Waals surface area contributed by atoms with Crippen LogP contribution in [0.2, 0.25) is 0 Å². The Hall–Kier alpha value is -0.900. The molecule has 0 radical (unpaired) electrons. The van der Waals surface area contributed by atoms with Crippen LogP contribution in [0.1, 0.15) is 20.3 Å². The van der Waals surface area contributed by atoms with E-state index in [-0.39, 0.29) is 24.8 Å². The number of esters is 1. The molecule has 0 saturated carbocycles. The third-order valence-electron chi connectivity index (χ3n) is 1.68. The molecular formula is C9H16O4. The number of hydrogen-bond donors (Lipinski definition) is 0. The van der Waals surface area contributed by atoms with Gasteiger partial charge in [0.2, 0.25) is 0 Å². The maximum absolute atomic E-state index is 11.2. The summed E-state index contributed by atoms with van der Waals surface area (Å²) in [5.74, 6) is -0.477. The van der Waals surface area contributed by atoms with E-state index in [9.17, 15) is 9.59 Å². The summed E-state index contributed by atoms with van der Waals surface area (Å²) in [6.45, 7) is 3.39. The molecule has 4 heteroatoms. The molecular weight excluding hydrogens is 172 g/mol. The van der Waals surface area contributed by atoms with E-state index >= 15 is 0 Å². The summed E-state index contributed by atoms with van der Waals surface area (Å²) in [6.07, 6.45) is 0.146. The highest BCUT2D eigenvalue weighted by molar-refractivity contribution is 5.87. The molecule has 0 aromatic heterocycles. The van der Waals surface area contributed by atoms with Crippen molar-refractivity contribution in [1.82, 2.24) is 0 Å². The van der Waals surface area contributed by atoms with Gasteiger partial charge in [-0.2, -0.15) is 0 Å². The molecule has 0 aliphatic heterocycles. The maximum Gasteiger partial charge on any atom is 0.311 e. The van der Waals surface area contributed by atoms with Gasteiger partial charge in [-0.3, -0.25) is 9.59 Å². The van der Waals surface area contributed by atoms with E-state index < -0.39 is 5.41 Å². The van der Waals surface area contributed by atoms with Crippen LogP contribution in [0.25, 0.3) is 0 Å². The molecule has 13 heavy (non-hydrogen) atoms. The van der Waals surface area contributed by atoms with Crippen molar-refractivity contribution in [3.05, 3.63) is 0 Å². The second kappa shape index (κ2) is 4.97. The lowest BCUT2D eigenvalue weighted by Crippen LogP contribution is -2.29. The van der Waals surface area contributed by atoms with Crippen LogP contribution < -0.4 is 0 Å². The molecule has 0 aromatic carbocycles. The first kappa shape index (κ1) is 12.1. The SMILES string of the molecule is COCC(=O)CC(C)(C)C(=O)OC. The number of methoxy groups -OCH3 is 2. The average Bonchev–Trinajstić information content (AvgIpc) is 2.02. The lowest BCUT2D eigenvalue weighted by molar-refractivity contribution is -0.153. The zero-order valence-corrected chi connectivity index (χ0v) is 8.55. The van der Waals surface area contributed by atoms with Gasteiger partial charge in [-0.25, -0.2) is 0 Å². The van der Waals surface area contributed by atoms with Crippen molar-refractivity contribution in [3.63, 3.8) is 0 Å². The smallest absolute Gasteiger partial charge is 0.311 e. The molecule has 0 atom stereocenters. The highest BCUT2D eigenvalue weighted by Gasteiger charge is 2.31. The van der Waals surface area contributed by atoms with Crippen LogP contribution in [0.5, 0.6) is 0 Å². The zero-order chi connectivity index (χ0) is 10.5. The van der Waals surface area contributed by atoms with Crippen molar-refractivity contribution in [2.45, 2.75) is 20.3 Å². The summed E-state index contributed by atoms with van der Waals surface area (Å²) in [5, 5.41) is 0. The highest BCUT2D eigenvalue weighted by atomic mass is 16.5. The van der Waals surface area contributed by atoms with Gasteiger partial charge < -0.3 is 9.47 Å². The Morgan fingerprint density at radius 1 is 1.23 bits per heavy atom. The van der Waals surface area contributed by atoms with E-state index in [1.54, 1.807) is 13.8 Å². The highest BCUT2D eigenvalue weighted by Crippen LogP contribution is 2.22. The Bertz CT molecular complexity index is 196. The predicted molar refractivity (Wildman–Crippen MR) is 47.3 cm³/mol. The van der Waals surface area contributed by atoms with Crippen LogP contribution >= 0.6 is 0 Å². The summed E-state index contributed by atoms with van der Waals surface area (Å²) in [6, 6.07) is 0. The van der Waals surface area contributed by atoms with Gasteiger partial charge in [-0.05, 0) is 13.8 Å². The first-order valence-corrected chi connectivity index (χ1v) is 4.03. The molecule has 4 nitrogen and oxygen atoms in total. The number of ether oxygens (including phenoxy) is 2. The lowest BCUT2D eigenvalue weighted by Gasteiger charge is -2.19. The topological polar surface area (TPSA) is 52.6 Å². The van der Waals surface area contributed by atoms with Crippen molar-refractivity contribution < 1.29 is 19.1 Å². The van der Waals surface area contributed by atoms with E-state index in [1.807, 2.05) is 0 Å². The van der Waals surface area contributed by atoms with Gasteiger partial charge >= 0.3 is 5.97 Å². The number of Topliss-reactive ketones (excluding diaryl/α,β-unsaturated/α-hetero) is 1. The Kier molecular flexibility index (Phi) is 4.62. The molecule has 0 saturated heterocycles. The van der Waals surface area contributed by atoms with E-state index in [4.69, 9.17) is 0 Å².